The van der Waals surface area contributed by atoms with Crippen LogP contribution in [0.2, 0.25) is 0 Å². The van der Waals surface area contributed by atoms with Gasteiger partial charge >= 0.3 is 5.97 Å². The third-order valence-corrected chi connectivity index (χ3v) is 5.16. The highest BCUT2D eigenvalue weighted by Crippen LogP contribution is 2.32. The van der Waals surface area contributed by atoms with Gasteiger partial charge in [0.25, 0.3) is 5.91 Å². The van der Waals surface area contributed by atoms with Gasteiger partial charge in [0.05, 0.1) is 29.9 Å². The van der Waals surface area contributed by atoms with Gasteiger partial charge < -0.3 is 19.9 Å². The van der Waals surface area contributed by atoms with Crippen LogP contribution in [-0.2, 0) is 4.79 Å². The molecule has 0 aliphatic carbocycles. The SMILES string of the molecule is CCCCOc1ccc(/C=C2\SC(=Nc3ccccc3C(=O)O)NC2=O)cc1OC. The fourth-order valence-corrected chi connectivity index (χ4v) is 3.55. The number of hydrogen-bond acceptors (Lipinski definition) is 6. The first-order chi connectivity index (χ1) is 14.5. The Hall–Kier alpha value is -3.26. The molecule has 0 radical (unpaired) electrons. The van der Waals surface area contributed by atoms with E-state index in [0.29, 0.717) is 28.2 Å². The van der Waals surface area contributed by atoms with Crippen molar-refractivity contribution in [3.63, 3.8) is 0 Å². The summed E-state index contributed by atoms with van der Waals surface area (Å²) in [5.74, 6) is -0.125. The van der Waals surface area contributed by atoms with E-state index in [9.17, 15) is 14.7 Å². The minimum atomic E-state index is -1.08. The Bertz CT molecular complexity index is 1020. The summed E-state index contributed by atoms with van der Waals surface area (Å²) in [4.78, 5) is 28.4. The Kier molecular flexibility index (Phi) is 7.13. The zero-order valence-electron chi connectivity index (χ0n) is 16.7. The van der Waals surface area contributed by atoms with Crippen molar-refractivity contribution < 1.29 is 24.2 Å². The number of amidine groups is 1. The second kappa shape index (κ2) is 9.98. The Morgan fingerprint density at radius 2 is 2.03 bits per heavy atom. The van der Waals surface area contributed by atoms with Gasteiger partial charge in [-0.15, -0.1) is 0 Å². The standard InChI is InChI=1S/C22H22N2O5S/c1-3-4-11-29-17-10-9-14(12-18(17)28-2)13-19-20(25)24-22(30-19)23-16-8-6-5-7-15(16)21(26)27/h5-10,12-13H,3-4,11H2,1-2H3,(H,26,27)(H,23,24,25)/b19-13-. The van der Waals surface area contributed by atoms with Crippen LogP contribution in [0.5, 0.6) is 11.5 Å². The average molecular weight is 426 g/mol. The Balaban J connectivity index is 1.80. The van der Waals surface area contributed by atoms with Gasteiger partial charge in [0.2, 0.25) is 0 Å². The van der Waals surface area contributed by atoms with Crippen molar-refractivity contribution in [2.24, 2.45) is 4.99 Å². The molecule has 30 heavy (non-hydrogen) atoms. The topological polar surface area (TPSA) is 97.2 Å². The molecule has 0 saturated carbocycles. The Morgan fingerprint density at radius 3 is 2.77 bits per heavy atom. The fraction of sp³-hybridized carbons (Fsp3) is 0.227. The number of methoxy groups -OCH3 is 1. The molecule has 7 nitrogen and oxygen atoms in total. The molecule has 0 unspecified atom stereocenters. The lowest BCUT2D eigenvalue weighted by atomic mass is 10.2. The zero-order chi connectivity index (χ0) is 21.5. The lowest BCUT2D eigenvalue weighted by Gasteiger charge is -2.11. The molecule has 0 aromatic heterocycles. The highest BCUT2D eigenvalue weighted by atomic mass is 32.2. The monoisotopic (exact) mass is 426 g/mol. The number of amides is 1. The second-order valence-corrected chi connectivity index (χ2v) is 7.45. The summed E-state index contributed by atoms with van der Waals surface area (Å²) in [6.07, 6.45) is 3.72. The van der Waals surface area contributed by atoms with Crippen molar-refractivity contribution in [2.45, 2.75) is 19.8 Å². The first kappa shape index (κ1) is 21.4. The molecule has 1 saturated heterocycles. The van der Waals surface area contributed by atoms with Crippen LogP contribution in [-0.4, -0.2) is 35.9 Å². The van der Waals surface area contributed by atoms with Gasteiger partial charge in [0.15, 0.2) is 16.7 Å². The summed E-state index contributed by atoms with van der Waals surface area (Å²) < 4.78 is 11.1. The maximum absolute atomic E-state index is 12.3. The first-order valence-electron chi connectivity index (χ1n) is 9.44. The number of benzene rings is 2. The van der Waals surface area contributed by atoms with Gasteiger partial charge in [-0.25, -0.2) is 9.79 Å². The number of nitrogens with zero attached hydrogens (tertiary/aromatic N) is 1. The number of nitrogens with one attached hydrogen (secondary N) is 1. The largest absolute Gasteiger partial charge is 0.493 e. The van der Waals surface area contributed by atoms with Crippen LogP contribution < -0.4 is 14.8 Å². The van der Waals surface area contributed by atoms with Crippen LogP contribution >= 0.6 is 11.8 Å². The van der Waals surface area contributed by atoms with Crippen molar-refractivity contribution in [1.29, 1.82) is 0 Å². The minimum Gasteiger partial charge on any atom is -0.493 e. The number of rotatable bonds is 8. The summed E-state index contributed by atoms with van der Waals surface area (Å²) in [7, 11) is 1.57. The van der Waals surface area contributed by atoms with Gasteiger partial charge in [0, 0.05) is 0 Å². The number of carboxylic acid groups (broad SMARTS) is 1. The van der Waals surface area contributed by atoms with Crippen molar-refractivity contribution in [3.05, 3.63) is 58.5 Å². The maximum Gasteiger partial charge on any atom is 0.337 e. The molecule has 156 valence electrons. The van der Waals surface area contributed by atoms with Crippen LogP contribution in [0.3, 0.4) is 0 Å². The summed E-state index contributed by atoms with van der Waals surface area (Å²) in [6, 6.07) is 11.8. The van der Waals surface area contributed by atoms with Crippen LogP contribution in [0.4, 0.5) is 5.69 Å². The van der Waals surface area contributed by atoms with E-state index in [1.54, 1.807) is 37.5 Å². The van der Waals surface area contributed by atoms with Crippen LogP contribution in [0.15, 0.2) is 52.4 Å². The summed E-state index contributed by atoms with van der Waals surface area (Å²) in [5, 5.41) is 12.3. The Labute approximate surface area is 178 Å². The number of unbranched alkanes of at least 4 members (excludes halogenated alkanes) is 1. The molecule has 2 N–H and O–H groups in total. The molecule has 2 aromatic rings. The fourth-order valence-electron chi connectivity index (χ4n) is 2.71. The number of aliphatic imine (C=N–C) groups is 1. The number of carbonyl (C=O) groups is 2. The average Bonchev–Trinajstić information content (AvgIpc) is 3.07. The van der Waals surface area contributed by atoms with E-state index in [0.717, 1.165) is 30.2 Å². The third kappa shape index (κ3) is 5.21. The predicted octanol–water partition coefficient (Wildman–Crippen LogP) is 4.46. The van der Waals surface area contributed by atoms with E-state index in [1.807, 2.05) is 12.1 Å². The smallest absolute Gasteiger partial charge is 0.337 e. The molecule has 1 fully saturated rings. The van der Waals surface area contributed by atoms with Gasteiger partial charge in [-0.05, 0) is 54.1 Å². The third-order valence-electron chi connectivity index (χ3n) is 4.25. The molecule has 8 heteroatoms. The molecular formula is C22H22N2O5S. The molecule has 0 bridgehead atoms. The van der Waals surface area contributed by atoms with E-state index < -0.39 is 5.97 Å². The van der Waals surface area contributed by atoms with Crippen molar-refractivity contribution in [2.75, 3.05) is 13.7 Å². The molecule has 1 aliphatic rings. The zero-order valence-corrected chi connectivity index (χ0v) is 17.5. The van der Waals surface area contributed by atoms with Gasteiger partial charge in [0.1, 0.15) is 0 Å². The van der Waals surface area contributed by atoms with Gasteiger partial charge in [-0.3, -0.25) is 4.79 Å². The highest BCUT2D eigenvalue weighted by molar-refractivity contribution is 8.18. The van der Waals surface area contributed by atoms with Crippen molar-refractivity contribution >= 4 is 40.6 Å². The molecule has 1 heterocycles. The quantitative estimate of drug-likeness (QED) is 0.478. The van der Waals surface area contributed by atoms with Crippen LogP contribution in [0, 0.1) is 0 Å². The lowest BCUT2D eigenvalue weighted by molar-refractivity contribution is -0.115. The second-order valence-electron chi connectivity index (χ2n) is 6.42. The van der Waals surface area contributed by atoms with E-state index in [4.69, 9.17) is 9.47 Å². The van der Waals surface area contributed by atoms with Gasteiger partial charge in [-0.2, -0.15) is 0 Å². The maximum atomic E-state index is 12.3. The summed E-state index contributed by atoms with van der Waals surface area (Å²) in [5.41, 5.74) is 1.13. The minimum absolute atomic E-state index is 0.0701. The van der Waals surface area contributed by atoms with Crippen molar-refractivity contribution in [3.8, 4) is 11.5 Å². The molecule has 1 amide bonds. The molecule has 2 aromatic carbocycles. The number of hydrogen-bond donors (Lipinski definition) is 2. The normalized spacial score (nSPS) is 16.0. The molecular weight excluding hydrogens is 404 g/mol. The van der Waals surface area contributed by atoms with E-state index in [2.05, 4.69) is 17.2 Å². The number of aromatic carboxylic acids is 1. The number of carbonyl (C=O) groups excluding carboxylic acids is 1. The first-order valence-corrected chi connectivity index (χ1v) is 10.3. The number of para-hydroxylation sites is 1. The molecule has 0 atom stereocenters. The van der Waals surface area contributed by atoms with Crippen LogP contribution in [0.25, 0.3) is 6.08 Å². The molecule has 3 rings (SSSR count). The van der Waals surface area contributed by atoms with Crippen LogP contribution in [0.1, 0.15) is 35.7 Å². The number of thioether (sulfide) groups is 1. The number of ether oxygens (including phenoxy) is 2. The van der Waals surface area contributed by atoms with Crippen molar-refractivity contribution in [1.82, 2.24) is 5.32 Å². The lowest BCUT2D eigenvalue weighted by Crippen LogP contribution is -2.19. The Morgan fingerprint density at radius 1 is 1.23 bits per heavy atom. The highest BCUT2D eigenvalue weighted by Gasteiger charge is 2.24. The predicted molar refractivity (Wildman–Crippen MR) is 118 cm³/mol. The molecule has 1 aliphatic heterocycles. The van der Waals surface area contributed by atoms with E-state index in [1.165, 1.54) is 6.07 Å². The van der Waals surface area contributed by atoms with E-state index >= 15 is 0 Å². The number of carboxylic acids is 1. The van der Waals surface area contributed by atoms with Gasteiger partial charge in [-0.1, -0.05) is 31.5 Å². The summed E-state index contributed by atoms with van der Waals surface area (Å²) >= 11 is 1.15. The summed E-state index contributed by atoms with van der Waals surface area (Å²) in [6.45, 7) is 2.71. The molecule has 0 spiro atoms. The van der Waals surface area contributed by atoms with E-state index in [-0.39, 0.29) is 17.2 Å².